The molecule has 0 saturated heterocycles. The van der Waals surface area contributed by atoms with Crippen LogP contribution in [0.3, 0.4) is 0 Å². The number of alkyl halides is 3. The quantitative estimate of drug-likeness (QED) is 0.235. The van der Waals surface area contributed by atoms with Crippen molar-refractivity contribution in [3.8, 4) is 17.6 Å². The van der Waals surface area contributed by atoms with Crippen molar-refractivity contribution < 1.29 is 32.3 Å². The maximum atomic E-state index is 13.7. The normalized spacial score (nSPS) is 12.6. The molecule has 0 bridgehead atoms. The van der Waals surface area contributed by atoms with Crippen LogP contribution < -0.4 is 10.1 Å². The van der Waals surface area contributed by atoms with Gasteiger partial charge in [0.15, 0.2) is 0 Å². The Balaban J connectivity index is 1.23. The smallest absolute Gasteiger partial charge is 0.416 e. The van der Waals surface area contributed by atoms with E-state index < -0.39 is 29.5 Å². The van der Waals surface area contributed by atoms with Crippen molar-refractivity contribution in [2.45, 2.75) is 25.4 Å². The summed E-state index contributed by atoms with van der Waals surface area (Å²) in [6.07, 6.45) is -2.98. The molecule has 0 radical (unpaired) electrons. The molecule has 1 N–H and O–H groups in total. The number of hydrogen-bond donors (Lipinski definition) is 1. The lowest BCUT2D eigenvalue weighted by atomic mass is 10.1. The molecule has 0 spiro atoms. The number of nitrogens with one attached hydrogen (secondary N) is 1. The molecule has 1 aliphatic heterocycles. The first-order valence-corrected chi connectivity index (χ1v) is 13.2. The number of pyridine rings is 1. The SMILES string of the molecule is N#Cc1cc(Oc2cccc(CCC(=O)Nc3cc(CCN4C(=O)c5ccccc5C4=O)cc(C(F)(F)F)c3)c2)ccn1. The highest BCUT2D eigenvalue weighted by Crippen LogP contribution is 2.33. The summed E-state index contributed by atoms with van der Waals surface area (Å²) in [5.41, 5.74) is 0.685. The van der Waals surface area contributed by atoms with Crippen LogP contribution in [0.25, 0.3) is 0 Å². The summed E-state index contributed by atoms with van der Waals surface area (Å²) in [6, 6.07) is 21.5. The molecule has 1 aliphatic rings. The van der Waals surface area contributed by atoms with Gasteiger partial charge in [0, 0.05) is 30.9 Å². The molecule has 216 valence electrons. The molecule has 1 aromatic heterocycles. The van der Waals surface area contributed by atoms with Crippen molar-refractivity contribution in [3.05, 3.63) is 119 Å². The standard InChI is InChI=1S/C32H23F3N4O4/c33-32(34,35)22-14-21(11-13-39-30(41)27-6-1-2-7-28(27)31(39)42)15-23(17-22)38-29(40)9-8-20-4-3-5-25(16-20)43-26-10-12-37-24(18-26)19-36/h1-7,10,12,14-18H,8-9,11,13H2,(H,38,40). The minimum absolute atomic E-state index is 0.0160. The van der Waals surface area contributed by atoms with Crippen molar-refractivity contribution in [1.82, 2.24) is 9.88 Å². The highest BCUT2D eigenvalue weighted by atomic mass is 19.4. The Morgan fingerprint density at radius 3 is 2.30 bits per heavy atom. The zero-order valence-electron chi connectivity index (χ0n) is 22.5. The van der Waals surface area contributed by atoms with E-state index in [1.54, 1.807) is 42.5 Å². The third-order valence-corrected chi connectivity index (χ3v) is 6.73. The molecule has 0 unspecified atom stereocenters. The largest absolute Gasteiger partial charge is 0.457 e. The molecule has 11 heteroatoms. The van der Waals surface area contributed by atoms with Crippen LogP contribution in [-0.2, 0) is 23.8 Å². The first-order chi connectivity index (χ1) is 20.6. The molecule has 4 aromatic rings. The van der Waals surface area contributed by atoms with Crippen LogP contribution >= 0.6 is 0 Å². The van der Waals surface area contributed by atoms with E-state index in [1.807, 2.05) is 6.07 Å². The zero-order chi connectivity index (χ0) is 30.6. The van der Waals surface area contributed by atoms with Gasteiger partial charge in [0.25, 0.3) is 11.8 Å². The summed E-state index contributed by atoms with van der Waals surface area (Å²) in [5.74, 6) is -0.588. The van der Waals surface area contributed by atoms with E-state index in [1.165, 1.54) is 30.5 Å². The van der Waals surface area contributed by atoms with Crippen molar-refractivity contribution in [2.75, 3.05) is 11.9 Å². The van der Waals surface area contributed by atoms with E-state index in [0.29, 0.717) is 11.5 Å². The minimum Gasteiger partial charge on any atom is -0.457 e. The molecular weight excluding hydrogens is 561 g/mol. The maximum Gasteiger partial charge on any atom is 0.416 e. The average Bonchev–Trinajstić information content (AvgIpc) is 3.23. The van der Waals surface area contributed by atoms with E-state index in [-0.39, 0.29) is 53.9 Å². The number of ether oxygens (including phenoxy) is 1. The molecule has 3 aromatic carbocycles. The third kappa shape index (κ3) is 6.87. The summed E-state index contributed by atoms with van der Waals surface area (Å²) in [5, 5.41) is 11.5. The van der Waals surface area contributed by atoms with Gasteiger partial charge in [-0.25, -0.2) is 4.98 Å². The van der Waals surface area contributed by atoms with Gasteiger partial charge in [-0.05, 0) is 72.5 Å². The van der Waals surface area contributed by atoms with Gasteiger partial charge in [-0.3, -0.25) is 19.3 Å². The van der Waals surface area contributed by atoms with Crippen molar-refractivity contribution in [2.24, 2.45) is 0 Å². The Bertz CT molecular complexity index is 1730. The Kier molecular flexibility index (Phi) is 8.20. The second kappa shape index (κ2) is 12.2. The van der Waals surface area contributed by atoms with Gasteiger partial charge in [0.05, 0.1) is 16.7 Å². The second-order valence-corrected chi connectivity index (χ2v) is 9.76. The lowest BCUT2D eigenvalue weighted by Gasteiger charge is -2.16. The topological polar surface area (TPSA) is 112 Å². The van der Waals surface area contributed by atoms with Gasteiger partial charge in [-0.2, -0.15) is 18.4 Å². The van der Waals surface area contributed by atoms with Crippen molar-refractivity contribution >= 4 is 23.4 Å². The maximum absolute atomic E-state index is 13.7. The van der Waals surface area contributed by atoms with Crippen LogP contribution in [0.4, 0.5) is 18.9 Å². The molecule has 0 atom stereocenters. The average molecular weight is 585 g/mol. The number of aromatic nitrogens is 1. The van der Waals surface area contributed by atoms with Crippen LogP contribution in [0, 0.1) is 11.3 Å². The predicted molar refractivity (Wildman–Crippen MR) is 149 cm³/mol. The fraction of sp³-hybridized carbons (Fsp3) is 0.156. The monoisotopic (exact) mass is 584 g/mol. The van der Waals surface area contributed by atoms with E-state index in [2.05, 4.69) is 10.3 Å². The Morgan fingerprint density at radius 1 is 0.884 bits per heavy atom. The van der Waals surface area contributed by atoms with E-state index in [9.17, 15) is 27.6 Å². The first-order valence-electron chi connectivity index (χ1n) is 13.2. The number of halogens is 3. The highest BCUT2D eigenvalue weighted by Gasteiger charge is 2.35. The summed E-state index contributed by atoms with van der Waals surface area (Å²) in [4.78, 5) is 42.9. The van der Waals surface area contributed by atoms with Crippen LogP contribution in [-0.4, -0.2) is 34.2 Å². The number of imide groups is 1. The summed E-state index contributed by atoms with van der Waals surface area (Å²) < 4.78 is 46.8. The number of carbonyl (C=O) groups excluding carboxylic acids is 3. The molecule has 8 nitrogen and oxygen atoms in total. The predicted octanol–water partition coefficient (Wildman–Crippen LogP) is 6.17. The molecule has 0 fully saturated rings. The van der Waals surface area contributed by atoms with Crippen LogP contribution in [0.2, 0.25) is 0 Å². The lowest BCUT2D eigenvalue weighted by Crippen LogP contribution is -2.31. The Morgan fingerprint density at radius 2 is 1.60 bits per heavy atom. The molecule has 2 heterocycles. The van der Waals surface area contributed by atoms with Gasteiger partial charge in [0.2, 0.25) is 5.91 Å². The van der Waals surface area contributed by atoms with Gasteiger partial charge in [-0.1, -0.05) is 24.3 Å². The number of nitriles is 1. The fourth-order valence-corrected chi connectivity index (χ4v) is 4.67. The zero-order valence-corrected chi connectivity index (χ0v) is 22.5. The summed E-state index contributed by atoms with van der Waals surface area (Å²) in [6.45, 7) is -0.114. The number of aryl methyl sites for hydroxylation is 1. The number of anilines is 1. The number of rotatable bonds is 9. The number of benzene rings is 3. The number of hydrogen-bond acceptors (Lipinski definition) is 6. The van der Waals surface area contributed by atoms with Crippen molar-refractivity contribution in [1.29, 1.82) is 5.26 Å². The third-order valence-electron chi connectivity index (χ3n) is 6.73. The van der Waals surface area contributed by atoms with Gasteiger partial charge >= 0.3 is 6.18 Å². The number of carbonyl (C=O) groups is 3. The molecule has 0 aliphatic carbocycles. The Labute approximate surface area is 244 Å². The van der Waals surface area contributed by atoms with E-state index >= 15 is 0 Å². The number of fused-ring (bicyclic) bond motifs is 1. The number of amides is 3. The molecule has 43 heavy (non-hydrogen) atoms. The lowest BCUT2D eigenvalue weighted by molar-refractivity contribution is -0.137. The van der Waals surface area contributed by atoms with Gasteiger partial charge in [-0.15, -0.1) is 0 Å². The fourth-order valence-electron chi connectivity index (χ4n) is 4.67. The second-order valence-electron chi connectivity index (χ2n) is 9.76. The van der Waals surface area contributed by atoms with Crippen LogP contribution in [0.15, 0.2) is 85.1 Å². The van der Waals surface area contributed by atoms with E-state index in [0.717, 1.165) is 22.6 Å². The molecular formula is C32H23F3N4O4. The van der Waals surface area contributed by atoms with E-state index in [4.69, 9.17) is 10.00 Å². The summed E-state index contributed by atoms with van der Waals surface area (Å²) in [7, 11) is 0. The van der Waals surface area contributed by atoms with Gasteiger partial charge in [0.1, 0.15) is 23.3 Å². The molecule has 3 amide bonds. The van der Waals surface area contributed by atoms with Gasteiger partial charge < -0.3 is 10.1 Å². The summed E-state index contributed by atoms with van der Waals surface area (Å²) >= 11 is 0. The number of nitrogens with zero attached hydrogens (tertiary/aromatic N) is 3. The van der Waals surface area contributed by atoms with Crippen LogP contribution in [0.5, 0.6) is 11.5 Å². The minimum atomic E-state index is -4.67. The Hall–Kier alpha value is -5.50. The molecule has 5 rings (SSSR count). The first kappa shape index (κ1) is 29.0. The van der Waals surface area contributed by atoms with Crippen molar-refractivity contribution in [3.63, 3.8) is 0 Å². The highest BCUT2D eigenvalue weighted by molar-refractivity contribution is 6.21. The van der Waals surface area contributed by atoms with Crippen LogP contribution in [0.1, 0.15) is 49.5 Å². The molecule has 0 saturated carbocycles.